The number of ether oxygens (including phenoxy) is 1. The molecule has 0 bridgehead atoms. The second-order valence-corrected chi connectivity index (χ2v) is 4.72. The molecule has 0 aliphatic heterocycles. The lowest BCUT2D eigenvalue weighted by molar-refractivity contribution is 0.102. The van der Waals surface area contributed by atoms with Gasteiger partial charge in [0.05, 0.1) is 7.11 Å². The number of nitrogens with two attached hydrogens (primary N) is 1. The predicted octanol–water partition coefficient (Wildman–Crippen LogP) is 2.29. The summed E-state index contributed by atoms with van der Waals surface area (Å²) in [7, 11) is 1.44. The molecule has 0 atom stereocenters. The Labute approximate surface area is 127 Å². The van der Waals surface area contributed by atoms with Crippen molar-refractivity contribution in [1.29, 1.82) is 0 Å². The van der Waals surface area contributed by atoms with E-state index >= 15 is 0 Å². The normalized spacial score (nSPS) is 9.95. The second-order valence-electron chi connectivity index (χ2n) is 4.28. The molecule has 0 heterocycles. The van der Waals surface area contributed by atoms with Crippen LogP contribution in [0.3, 0.4) is 0 Å². The fraction of sp³-hybridized carbons (Fsp3) is 0.0667. The van der Waals surface area contributed by atoms with E-state index in [1.165, 1.54) is 19.2 Å². The third kappa shape index (κ3) is 3.49. The lowest BCUT2D eigenvalue weighted by atomic mass is 10.1. The van der Waals surface area contributed by atoms with Crippen molar-refractivity contribution in [2.45, 2.75) is 0 Å². The Morgan fingerprint density at radius 2 is 1.81 bits per heavy atom. The highest BCUT2D eigenvalue weighted by molar-refractivity contribution is 7.80. The van der Waals surface area contributed by atoms with Crippen LogP contribution >= 0.6 is 12.2 Å². The lowest BCUT2D eigenvalue weighted by Gasteiger charge is -2.08. The molecule has 2 aromatic carbocycles. The SMILES string of the molecule is COc1ccc(C(=O)Nc2ccc(C(N)=S)cc2)cc1O. The molecule has 4 N–H and O–H groups in total. The first-order chi connectivity index (χ1) is 10.0. The van der Waals surface area contributed by atoms with Crippen LogP contribution in [0.5, 0.6) is 11.5 Å². The summed E-state index contributed by atoms with van der Waals surface area (Å²) in [6, 6.07) is 11.3. The number of carbonyl (C=O) groups is 1. The van der Waals surface area contributed by atoms with Crippen molar-refractivity contribution in [3.05, 3.63) is 53.6 Å². The molecule has 1 amide bonds. The highest BCUT2D eigenvalue weighted by atomic mass is 32.1. The van der Waals surface area contributed by atoms with E-state index in [0.29, 0.717) is 22.0 Å². The number of thiocarbonyl (C=S) groups is 1. The van der Waals surface area contributed by atoms with Crippen molar-refractivity contribution in [3.8, 4) is 11.5 Å². The number of nitrogens with one attached hydrogen (secondary N) is 1. The van der Waals surface area contributed by atoms with Gasteiger partial charge in [0.2, 0.25) is 0 Å². The first-order valence-corrected chi connectivity index (χ1v) is 6.50. The molecular weight excluding hydrogens is 288 g/mol. The summed E-state index contributed by atoms with van der Waals surface area (Å²) in [5.74, 6) is -0.114. The van der Waals surface area contributed by atoms with Gasteiger partial charge in [0.1, 0.15) is 4.99 Å². The number of carbonyl (C=O) groups excluding carboxylic acids is 1. The van der Waals surface area contributed by atoms with Crippen LogP contribution in [-0.2, 0) is 0 Å². The monoisotopic (exact) mass is 302 g/mol. The molecule has 0 saturated heterocycles. The summed E-state index contributed by atoms with van der Waals surface area (Å²) >= 11 is 4.86. The maximum atomic E-state index is 12.1. The number of aromatic hydroxyl groups is 1. The lowest BCUT2D eigenvalue weighted by Crippen LogP contribution is -2.13. The smallest absolute Gasteiger partial charge is 0.255 e. The van der Waals surface area contributed by atoms with Gasteiger partial charge in [0, 0.05) is 16.8 Å². The Morgan fingerprint density at radius 1 is 1.19 bits per heavy atom. The summed E-state index contributed by atoms with van der Waals surface area (Å²) in [6.07, 6.45) is 0. The number of rotatable bonds is 4. The van der Waals surface area contributed by atoms with Gasteiger partial charge < -0.3 is 20.9 Å². The van der Waals surface area contributed by atoms with E-state index in [4.69, 9.17) is 22.7 Å². The van der Waals surface area contributed by atoms with Gasteiger partial charge in [-0.05, 0) is 42.5 Å². The van der Waals surface area contributed by atoms with E-state index in [-0.39, 0.29) is 11.7 Å². The van der Waals surface area contributed by atoms with E-state index in [9.17, 15) is 9.90 Å². The molecule has 0 unspecified atom stereocenters. The van der Waals surface area contributed by atoms with Gasteiger partial charge in [0.15, 0.2) is 11.5 Å². The number of benzene rings is 2. The van der Waals surface area contributed by atoms with Crippen molar-refractivity contribution >= 4 is 28.8 Å². The Balaban J connectivity index is 2.14. The fourth-order valence-electron chi connectivity index (χ4n) is 1.75. The molecule has 0 aliphatic carbocycles. The second kappa shape index (κ2) is 6.23. The van der Waals surface area contributed by atoms with Crippen LogP contribution in [0.15, 0.2) is 42.5 Å². The number of anilines is 1. The van der Waals surface area contributed by atoms with E-state index in [1.54, 1.807) is 30.3 Å². The molecule has 108 valence electrons. The molecule has 6 heteroatoms. The van der Waals surface area contributed by atoms with E-state index in [0.717, 1.165) is 5.56 Å². The van der Waals surface area contributed by atoms with Gasteiger partial charge in [0.25, 0.3) is 5.91 Å². The summed E-state index contributed by atoms with van der Waals surface area (Å²) in [4.78, 5) is 12.4. The molecule has 0 aromatic heterocycles. The number of amides is 1. The average molecular weight is 302 g/mol. The Morgan fingerprint density at radius 3 is 2.33 bits per heavy atom. The summed E-state index contributed by atoms with van der Waals surface area (Å²) < 4.78 is 4.93. The molecule has 0 spiro atoms. The summed E-state index contributed by atoms with van der Waals surface area (Å²) in [5.41, 5.74) is 7.16. The van der Waals surface area contributed by atoms with Crippen LogP contribution in [0.1, 0.15) is 15.9 Å². The molecule has 0 fully saturated rings. The maximum Gasteiger partial charge on any atom is 0.255 e. The zero-order valence-electron chi connectivity index (χ0n) is 11.3. The van der Waals surface area contributed by atoms with Crippen LogP contribution in [-0.4, -0.2) is 23.1 Å². The summed E-state index contributed by atoms with van der Waals surface area (Å²) in [6.45, 7) is 0. The number of methoxy groups -OCH3 is 1. The van der Waals surface area contributed by atoms with Crippen LogP contribution in [0.2, 0.25) is 0 Å². The zero-order chi connectivity index (χ0) is 15.4. The largest absolute Gasteiger partial charge is 0.504 e. The Kier molecular flexibility index (Phi) is 4.39. The minimum absolute atomic E-state index is 0.0889. The molecule has 0 radical (unpaired) electrons. The quantitative estimate of drug-likeness (QED) is 0.755. The Bertz CT molecular complexity index is 684. The molecule has 2 aromatic rings. The van der Waals surface area contributed by atoms with E-state index in [1.807, 2.05) is 0 Å². The highest BCUT2D eigenvalue weighted by Gasteiger charge is 2.10. The number of hydrogen-bond acceptors (Lipinski definition) is 4. The van der Waals surface area contributed by atoms with Crippen molar-refractivity contribution in [1.82, 2.24) is 0 Å². The first kappa shape index (κ1) is 14.8. The molecule has 0 aliphatic rings. The Hall–Kier alpha value is -2.60. The number of phenolic OH excluding ortho intramolecular Hbond substituents is 1. The van der Waals surface area contributed by atoms with Gasteiger partial charge in [-0.25, -0.2) is 0 Å². The van der Waals surface area contributed by atoms with Crippen LogP contribution < -0.4 is 15.8 Å². The molecule has 0 saturated carbocycles. The topological polar surface area (TPSA) is 84.6 Å². The maximum absolute atomic E-state index is 12.1. The van der Waals surface area contributed by atoms with Gasteiger partial charge >= 0.3 is 0 Å². The minimum atomic E-state index is -0.337. The van der Waals surface area contributed by atoms with Gasteiger partial charge in [-0.1, -0.05) is 12.2 Å². The predicted molar refractivity (Wildman–Crippen MR) is 84.9 cm³/mol. The first-order valence-electron chi connectivity index (χ1n) is 6.09. The minimum Gasteiger partial charge on any atom is -0.504 e. The highest BCUT2D eigenvalue weighted by Crippen LogP contribution is 2.26. The van der Waals surface area contributed by atoms with E-state index < -0.39 is 0 Å². The average Bonchev–Trinajstić information content (AvgIpc) is 2.47. The molecule has 21 heavy (non-hydrogen) atoms. The third-order valence-corrected chi connectivity index (χ3v) is 3.10. The van der Waals surface area contributed by atoms with Crippen LogP contribution in [0.25, 0.3) is 0 Å². The molecule has 2 rings (SSSR count). The number of phenols is 1. The summed E-state index contributed by atoms with van der Waals surface area (Å²) in [5, 5.41) is 12.4. The standard InChI is InChI=1S/C15H14N2O3S/c1-20-13-7-4-10(8-12(13)18)15(19)17-11-5-2-9(3-6-11)14(16)21/h2-8,18H,1H3,(H2,16,21)(H,17,19). The third-order valence-electron chi connectivity index (χ3n) is 2.87. The molecular formula is C15H14N2O3S. The van der Waals surface area contributed by atoms with Gasteiger partial charge in [-0.15, -0.1) is 0 Å². The van der Waals surface area contributed by atoms with Crippen molar-refractivity contribution < 1.29 is 14.6 Å². The zero-order valence-corrected chi connectivity index (χ0v) is 12.1. The van der Waals surface area contributed by atoms with Crippen LogP contribution in [0.4, 0.5) is 5.69 Å². The van der Waals surface area contributed by atoms with E-state index in [2.05, 4.69) is 5.32 Å². The number of hydrogen-bond donors (Lipinski definition) is 3. The van der Waals surface area contributed by atoms with Gasteiger partial charge in [-0.2, -0.15) is 0 Å². The van der Waals surface area contributed by atoms with Gasteiger partial charge in [-0.3, -0.25) is 4.79 Å². The fourth-order valence-corrected chi connectivity index (χ4v) is 1.89. The molecule has 5 nitrogen and oxygen atoms in total. The van der Waals surface area contributed by atoms with Crippen LogP contribution in [0, 0.1) is 0 Å². The van der Waals surface area contributed by atoms with Crippen molar-refractivity contribution in [2.24, 2.45) is 5.73 Å². The van der Waals surface area contributed by atoms with Crippen molar-refractivity contribution in [3.63, 3.8) is 0 Å². The van der Waals surface area contributed by atoms with Crippen molar-refractivity contribution in [2.75, 3.05) is 12.4 Å².